The number of nitrogens with zero attached hydrogens (tertiary/aromatic N) is 1. The van der Waals surface area contributed by atoms with Crippen molar-refractivity contribution >= 4 is 21.9 Å². The maximum Gasteiger partial charge on any atom is 0.305 e. The lowest BCUT2D eigenvalue weighted by Crippen LogP contribution is -2.02. The summed E-state index contributed by atoms with van der Waals surface area (Å²) in [5.74, 6) is -0.234. The van der Waals surface area contributed by atoms with Crippen LogP contribution >= 0.6 is 15.9 Å². The zero-order chi connectivity index (χ0) is 12.0. The monoisotopic (exact) mass is 281 g/mol. The highest BCUT2D eigenvalue weighted by Gasteiger charge is 2.04. The molecule has 1 aromatic rings. The van der Waals surface area contributed by atoms with Gasteiger partial charge in [0.25, 0.3) is 0 Å². The number of hydrogen-bond acceptors (Lipinski definition) is 3. The molecule has 0 aliphatic rings. The minimum Gasteiger partial charge on any atom is -0.469 e. The fourth-order valence-corrected chi connectivity index (χ4v) is 1.72. The van der Waals surface area contributed by atoms with Crippen LogP contribution in [-0.2, 0) is 21.3 Å². The Bertz CT molecular complexity index is 424. The van der Waals surface area contributed by atoms with Gasteiger partial charge in [0.15, 0.2) is 0 Å². The Morgan fingerprint density at radius 2 is 2.12 bits per heavy atom. The van der Waals surface area contributed by atoms with E-state index in [4.69, 9.17) is 5.26 Å². The van der Waals surface area contributed by atoms with Crippen LogP contribution in [0.3, 0.4) is 0 Å². The number of hydrogen-bond donors (Lipinski definition) is 0. The van der Waals surface area contributed by atoms with Gasteiger partial charge in [-0.05, 0) is 29.7 Å². The number of nitriles is 1. The summed E-state index contributed by atoms with van der Waals surface area (Å²) in [4.78, 5) is 11.0. The van der Waals surface area contributed by atoms with Crippen LogP contribution in [0.1, 0.15) is 23.1 Å². The van der Waals surface area contributed by atoms with Gasteiger partial charge in [-0.1, -0.05) is 22.0 Å². The normalized spacial score (nSPS) is 9.56. The number of esters is 1. The highest BCUT2D eigenvalue weighted by molar-refractivity contribution is 9.08. The van der Waals surface area contributed by atoms with Crippen molar-refractivity contribution in [3.05, 3.63) is 34.9 Å². The number of benzene rings is 1. The SMILES string of the molecule is COC(=O)CCc1cc(C#N)cc(CBr)c1. The predicted octanol–water partition coefficient (Wildman–Crippen LogP) is 2.56. The summed E-state index contributed by atoms with van der Waals surface area (Å²) in [6.07, 6.45) is 0.940. The Kier molecular flexibility index (Phi) is 5.00. The van der Waals surface area contributed by atoms with E-state index in [0.717, 1.165) is 11.1 Å². The van der Waals surface area contributed by atoms with E-state index >= 15 is 0 Å². The number of ether oxygens (including phenoxy) is 1. The quantitative estimate of drug-likeness (QED) is 0.630. The molecule has 0 aliphatic heterocycles. The molecule has 0 saturated heterocycles. The second kappa shape index (κ2) is 6.29. The minimum absolute atomic E-state index is 0.234. The molecule has 16 heavy (non-hydrogen) atoms. The maximum atomic E-state index is 11.0. The first-order valence-corrected chi connectivity index (χ1v) is 5.97. The van der Waals surface area contributed by atoms with Gasteiger partial charge >= 0.3 is 5.97 Å². The summed E-state index contributed by atoms with van der Waals surface area (Å²) in [6, 6.07) is 7.72. The molecule has 3 nitrogen and oxygen atoms in total. The molecule has 4 heteroatoms. The number of halogens is 1. The molecule has 0 N–H and O–H groups in total. The first-order valence-electron chi connectivity index (χ1n) is 4.85. The number of alkyl halides is 1. The molecule has 0 atom stereocenters. The summed E-state index contributed by atoms with van der Waals surface area (Å²) >= 11 is 3.35. The van der Waals surface area contributed by atoms with Crippen LogP contribution < -0.4 is 0 Å². The molecule has 0 aromatic heterocycles. The average Bonchev–Trinajstić information content (AvgIpc) is 2.35. The molecule has 0 radical (unpaired) electrons. The van der Waals surface area contributed by atoms with E-state index in [-0.39, 0.29) is 5.97 Å². The molecule has 0 amide bonds. The standard InChI is InChI=1S/C12H12BrNO2/c1-16-12(15)3-2-9-4-10(7-13)6-11(5-9)8-14/h4-6H,2-3,7H2,1H3. The minimum atomic E-state index is -0.234. The van der Waals surface area contributed by atoms with Crippen molar-refractivity contribution in [1.82, 2.24) is 0 Å². The predicted molar refractivity (Wildman–Crippen MR) is 64.1 cm³/mol. The van der Waals surface area contributed by atoms with Crippen LogP contribution in [0.15, 0.2) is 18.2 Å². The Labute approximate surface area is 103 Å². The fraction of sp³-hybridized carbons (Fsp3) is 0.333. The summed E-state index contributed by atoms with van der Waals surface area (Å²) < 4.78 is 4.57. The Morgan fingerprint density at radius 1 is 1.44 bits per heavy atom. The van der Waals surface area contributed by atoms with Gasteiger partial charge in [0.1, 0.15) is 0 Å². The first kappa shape index (κ1) is 12.7. The Balaban J connectivity index is 2.80. The molecule has 0 fully saturated rings. The maximum absolute atomic E-state index is 11.0. The van der Waals surface area contributed by atoms with E-state index in [0.29, 0.717) is 23.7 Å². The van der Waals surface area contributed by atoms with Gasteiger partial charge < -0.3 is 4.74 Å². The van der Waals surface area contributed by atoms with Gasteiger partial charge in [0, 0.05) is 11.8 Å². The molecular formula is C12H12BrNO2. The molecule has 0 bridgehead atoms. The van der Waals surface area contributed by atoms with Crippen molar-refractivity contribution in [2.24, 2.45) is 0 Å². The highest BCUT2D eigenvalue weighted by Crippen LogP contribution is 2.14. The fourth-order valence-electron chi connectivity index (χ4n) is 1.40. The molecule has 0 saturated carbocycles. The largest absolute Gasteiger partial charge is 0.469 e. The molecule has 1 rings (SSSR count). The molecule has 0 heterocycles. The smallest absolute Gasteiger partial charge is 0.305 e. The molecule has 1 aromatic carbocycles. The zero-order valence-electron chi connectivity index (χ0n) is 9.00. The number of rotatable bonds is 4. The summed E-state index contributed by atoms with van der Waals surface area (Å²) in [5, 5.41) is 9.55. The second-order valence-corrected chi connectivity index (χ2v) is 3.92. The Hall–Kier alpha value is -1.34. The third-order valence-electron chi connectivity index (χ3n) is 2.18. The molecule has 0 spiro atoms. The van der Waals surface area contributed by atoms with Gasteiger partial charge in [-0.2, -0.15) is 5.26 Å². The van der Waals surface area contributed by atoms with E-state index in [1.54, 1.807) is 6.07 Å². The van der Waals surface area contributed by atoms with Crippen LogP contribution in [0, 0.1) is 11.3 Å². The molecule has 0 aliphatic carbocycles. The van der Waals surface area contributed by atoms with Gasteiger partial charge in [-0.25, -0.2) is 0 Å². The van der Waals surface area contributed by atoms with Gasteiger partial charge in [-0.15, -0.1) is 0 Å². The topological polar surface area (TPSA) is 50.1 Å². The van der Waals surface area contributed by atoms with Gasteiger partial charge in [0.05, 0.1) is 18.7 Å². The average molecular weight is 282 g/mol. The van der Waals surface area contributed by atoms with E-state index < -0.39 is 0 Å². The van der Waals surface area contributed by atoms with Crippen molar-refractivity contribution in [2.45, 2.75) is 18.2 Å². The number of carbonyl (C=O) groups excluding carboxylic acids is 1. The Morgan fingerprint density at radius 3 is 2.69 bits per heavy atom. The lowest BCUT2D eigenvalue weighted by molar-refractivity contribution is -0.140. The van der Waals surface area contributed by atoms with Crippen molar-refractivity contribution < 1.29 is 9.53 Å². The number of carbonyl (C=O) groups is 1. The molecule has 0 unspecified atom stereocenters. The lowest BCUT2D eigenvalue weighted by atomic mass is 10.0. The van der Waals surface area contributed by atoms with Crippen LogP contribution in [0.4, 0.5) is 0 Å². The van der Waals surface area contributed by atoms with Crippen LogP contribution in [0.2, 0.25) is 0 Å². The van der Waals surface area contributed by atoms with Crippen LogP contribution in [0.5, 0.6) is 0 Å². The van der Waals surface area contributed by atoms with Crippen molar-refractivity contribution in [3.63, 3.8) is 0 Å². The summed E-state index contributed by atoms with van der Waals surface area (Å²) in [7, 11) is 1.37. The van der Waals surface area contributed by atoms with Crippen LogP contribution in [0.25, 0.3) is 0 Å². The van der Waals surface area contributed by atoms with Crippen molar-refractivity contribution in [2.75, 3.05) is 7.11 Å². The van der Waals surface area contributed by atoms with E-state index in [1.807, 2.05) is 12.1 Å². The molecular weight excluding hydrogens is 270 g/mol. The van der Waals surface area contributed by atoms with E-state index in [1.165, 1.54) is 7.11 Å². The van der Waals surface area contributed by atoms with Gasteiger partial charge in [0.2, 0.25) is 0 Å². The highest BCUT2D eigenvalue weighted by atomic mass is 79.9. The molecule has 84 valence electrons. The van der Waals surface area contributed by atoms with Crippen molar-refractivity contribution in [1.29, 1.82) is 5.26 Å². The second-order valence-electron chi connectivity index (χ2n) is 3.36. The van der Waals surface area contributed by atoms with E-state index in [9.17, 15) is 4.79 Å². The third-order valence-corrected chi connectivity index (χ3v) is 2.83. The first-order chi connectivity index (χ1) is 7.69. The summed E-state index contributed by atoms with van der Waals surface area (Å²) in [6.45, 7) is 0. The van der Waals surface area contributed by atoms with Gasteiger partial charge in [-0.3, -0.25) is 4.79 Å². The zero-order valence-corrected chi connectivity index (χ0v) is 10.6. The van der Waals surface area contributed by atoms with E-state index in [2.05, 4.69) is 26.7 Å². The van der Waals surface area contributed by atoms with Crippen LogP contribution in [-0.4, -0.2) is 13.1 Å². The number of aryl methyl sites for hydroxylation is 1. The van der Waals surface area contributed by atoms with Crippen molar-refractivity contribution in [3.8, 4) is 6.07 Å². The summed E-state index contributed by atoms with van der Waals surface area (Å²) in [5.41, 5.74) is 2.65. The third kappa shape index (κ3) is 3.67. The lowest BCUT2D eigenvalue weighted by Gasteiger charge is -2.04. The number of methoxy groups -OCH3 is 1.